The molecule has 0 saturated heterocycles. The van der Waals surface area contributed by atoms with Crippen LogP contribution in [0.3, 0.4) is 0 Å². The lowest BCUT2D eigenvalue weighted by Gasteiger charge is -2.10. The van der Waals surface area contributed by atoms with E-state index in [4.69, 9.17) is 14.2 Å². The zero-order valence-electron chi connectivity index (χ0n) is 14.5. The molecule has 0 aliphatic carbocycles. The smallest absolute Gasteiger partial charge is 0.363 e. The summed E-state index contributed by atoms with van der Waals surface area (Å²) in [6.45, 7) is 2.66. The highest BCUT2D eigenvalue weighted by Crippen LogP contribution is 2.30. The quantitative estimate of drug-likeness (QED) is 0.361. The molecule has 0 aromatic heterocycles. The van der Waals surface area contributed by atoms with Gasteiger partial charge >= 0.3 is 5.97 Å². The minimum atomic E-state index is -0.468. The van der Waals surface area contributed by atoms with Gasteiger partial charge in [0.05, 0.1) is 19.3 Å². The van der Waals surface area contributed by atoms with E-state index < -0.39 is 5.97 Å². The summed E-state index contributed by atoms with van der Waals surface area (Å²) >= 11 is 2.19. The normalized spacial score (nSPS) is 15.0. The van der Waals surface area contributed by atoms with Crippen molar-refractivity contribution in [1.29, 1.82) is 0 Å². The maximum atomic E-state index is 12.2. The van der Waals surface area contributed by atoms with Crippen molar-refractivity contribution in [3.8, 4) is 11.5 Å². The van der Waals surface area contributed by atoms with Gasteiger partial charge in [-0.1, -0.05) is 25.1 Å². The van der Waals surface area contributed by atoms with E-state index in [-0.39, 0.29) is 5.70 Å². The highest BCUT2D eigenvalue weighted by atomic mass is 127. The maximum Gasteiger partial charge on any atom is 0.363 e. The van der Waals surface area contributed by atoms with Crippen molar-refractivity contribution in [3.05, 3.63) is 62.9 Å². The molecule has 5 nitrogen and oxygen atoms in total. The van der Waals surface area contributed by atoms with E-state index in [1.54, 1.807) is 13.2 Å². The first-order valence-electron chi connectivity index (χ1n) is 8.20. The molecule has 0 bridgehead atoms. The number of benzene rings is 2. The first-order chi connectivity index (χ1) is 12.6. The van der Waals surface area contributed by atoms with Crippen LogP contribution in [0.2, 0.25) is 0 Å². The van der Waals surface area contributed by atoms with Gasteiger partial charge < -0.3 is 14.2 Å². The van der Waals surface area contributed by atoms with Crippen molar-refractivity contribution in [3.63, 3.8) is 0 Å². The van der Waals surface area contributed by atoms with Crippen molar-refractivity contribution in [2.75, 3.05) is 13.7 Å². The predicted molar refractivity (Wildman–Crippen MR) is 109 cm³/mol. The highest BCUT2D eigenvalue weighted by molar-refractivity contribution is 14.1. The second-order valence-corrected chi connectivity index (χ2v) is 6.74. The van der Waals surface area contributed by atoms with Crippen molar-refractivity contribution >= 4 is 40.5 Å². The van der Waals surface area contributed by atoms with Crippen molar-refractivity contribution < 1.29 is 19.0 Å². The molecule has 0 atom stereocenters. The SMILES string of the molecule is CCCOc1ccc(C=C2N=C(c3ccccc3I)OC2=O)cc1OC. The lowest BCUT2D eigenvalue weighted by atomic mass is 10.1. The summed E-state index contributed by atoms with van der Waals surface area (Å²) in [5.41, 5.74) is 1.83. The van der Waals surface area contributed by atoms with Crippen molar-refractivity contribution in [1.82, 2.24) is 0 Å². The van der Waals surface area contributed by atoms with E-state index in [2.05, 4.69) is 27.6 Å². The Morgan fingerprint density at radius 2 is 2.00 bits per heavy atom. The van der Waals surface area contributed by atoms with Crippen LogP contribution in [0.4, 0.5) is 0 Å². The molecule has 134 valence electrons. The van der Waals surface area contributed by atoms with Crippen LogP contribution in [-0.4, -0.2) is 25.6 Å². The van der Waals surface area contributed by atoms with Gasteiger partial charge in [-0.3, -0.25) is 0 Å². The molecule has 1 aliphatic heterocycles. The summed E-state index contributed by atoms with van der Waals surface area (Å²) in [5, 5.41) is 0. The van der Waals surface area contributed by atoms with Gasteiger partial charge in [-0.15, -0.1) is 0 Å². The Balaban J connectivity index is 1.89. The fourth-order valence-corrected chi connectivity index (χ4v) is 3.04. The van der Waals surface area contributed by atoms with Gasteiger partial charge in [0.15, 0.2) is 17.2 Å². The van der Waals surface area contributed by atoms with Crippen LogP contribution in [0.1, 0.15) is 24.5 Å². The maximum absolute atomic E-state index is 12.2. The van der Waals surface area contributed by atoms with E-state index in [0.29, 0.717) is 24.0 Å². The molecule has 0 saturated carbocycles. The van der Waals surface area contributed by atoms with Gasteiger partial charge in [-0.05, 0) is 64.9 Å². The first-order valence-corrected chi connectivity index (χ1v) is 9.28. The van der Waals surface area contributed by atoms with Crippen molar-refractivity contribution in [2.24, 2.45) is 4.99 Å². The first kappa shape index (κ1) is 18.4. The number of rotatable bonds is 6. The molecule has 3 rings (SSSR count). The van der Waals surface area contributed by atoms with Gasteiger partial charge in [0.1, 0.15) is 0 Å². The van der Waals surface area contributed by atoms with Gasteiger partial charge in [-0.25, -0.2) is 9.79 Å². The molecular formula is C20H18INO4. The second-order valence-electron chi connectivity index (χ2n) is 5.57. The summed E-state index contributed by atoms with van der Waals surface area (Å²) in [6.07, 6.45) is 2.59. The second kappa shape index (κ2) is 8.35. The zero-order valence-corrected chi connectivity index (χ0v) is 16.6. The van der Waals surface area contributed by atoms with E-state index >= 15 is 0 Å². The molecule has 0 amide bonds. The Morgan fingerprint density at radius 3 is 2.73 bits per heavy atom. The number of aliphatic imine (C=N–C) groups is 1. The van der Waals surface area contributed by atoms with Gasteiger partial charge in [-0.2, -0.15) is 0 Å². The Morgan fingerprint density at radius 1 is 1.19 bits per heavy atom. The van der Waals surface area contributed by atoms with E-state index in [1.165, 1.54) is 0 Å². The number of methoxy groups -OCH3 is 1. The molecule has 0 fully saturated rings. The largest absolute Gasteiger partial charge is 0.493 e. The molecule has 1 heterocycles. The number of nitrogens with zero attached hydrogens (tertiary/aromatic N) is 1. The fourth-order valence-electron chi connectivity index (χ4n) is 2.42. The monoisotopic (exact) mass is 463 g/mol. The van der Waals surface area contributed by atoms with Gasteiger partial charge in [0.2, 0.25) is 5.90 Å². The zero-order chi connectivity index (χ0) is 18.5. The van der Waals surface area contributed by atoms with Gasteiger partial charge in [0.25, 0.3) is 0 Å². The Bertz CT molecular complexity index is 889. The highest BCUT2D eigenvalue weighted by Gasteiger charge is 2.25. The summed E-state index contributed by atoms with van der Waals surface area (Å²) in [4.78, 5) is 16.5. The van der Waals surface area contributed by atoms with Crippen LogP contribution in [0.5, 0.6) is 11.5 Å². The van der Waals surface area contributed by atoms with Crippen LogP contribution >= 0.6 is 22.6 Å². The lowest BCUT2D eigenvalue weighted by molar-refractivity contribution is -0.129. The molecule has 2 aromatic rings. The summed E-state index contributed by atoms with van der Waals surface area (Å²) in [6, 6.07) is 13.1. The molecule has 26 heavy (non-hydrogen) atoms. The number of hydrogen-bond donors (Lipinski definition) is 0. The van der Waals surface area contributed by atoms with Crippen LogP contribution in [0, 0.1) is 3.57 Å². The lowest BCUT2D eigenvalue weighted by Crippen LogP contribution is -2.06. The minimum absolute atomic E-state index is 0.254. The summed E-state index contributed by atoms with van der Waals surface area (Å²) in [7, 11) is 1.59. The van der Waals surface area contributed by atoms with Crippen LogP contribution in [0.15, 0.2) is 53.2 Å². The molecule has 0 radical (unpaired) electrons. The third-order valence-electron chi connectivity index (χ3n) is 3.68. The van der Waals surface area contributed by atoms with E-state index in [0.717, 1.165) is 21.1 Å². The summed E-state index contributed by atoms with van der Waals surface area (Å²) < 4.78 is 17.3. The number of halogens is 1. The number of esters is 1. The molecule has 1 aliphatic rings. The Hall–Kier alpha value is -2.35. The Labute approximate surface area is 165 Å². The predicted octanol–water partition coefficient (Wildman–Crippen LogP) is 4.43. The molecule has 0 unspecified atom stereocenters. The number of hydrogen-bond acceptors (Lipinski definition) is 5. The number of ether oxygens (including phenoxy) is 3. The molecule has 2 aromatic carbocycles. The van der Waals surface area contributed by atoms with Crippen LogP contribution < -0.4 is 9.47 Å². The molecule has 0 N–H and O–H groups in total. The van der Waals surface area contributed by atoms with Crippen LogP contribution in [0.25, 0.3) is 6.08 Å². The average Bonchev–Trinajstić information content (AvgIpc) is 3.01. The molecule has 0 spiro atoms. The standard InChI is InChI=1S/C20H18INO4/c1-3-10-25-17-9-8-13(12-18(17)24-2)11-16-20(23)26-19(22-16)14-6-4-5-7-15(14)21/h4-9,11-12H,3,10H2,1-2H3. The summed E-state index contributed by atoms with van der Waals surface area (Å²) in [5.74, 6) is 1.14. The van der Waals surface area contributed by atoms with Crippen LogP contribution in [-0.2, 0) is 9.53 Å². The Kier molecular flexibility index (Phi) is 5.92. The molecular weight excluding hydrogens is 445 g/mol. The van der Waals surface area contributed by atoms with Gasteiger partial charge in [0, 0.05) is 3.57 Å². The number of carbonyl (C=O) groups is 1. The fraction of sp³-hybridized carbons (Fsp3) is 0.200. The van der Waals surface area contributed by atoms with E-state index in [9.17, 15) is 4.79 Å². The minimum Gasteiger partial charge on any atom is -0.493 e. The number of carbonyl (C=O) groups excluding carboxylic acids is 1. The van der Waals surface area contributed by atoms with Crippen molar-refractivity contribution in [2.45, 2.75) is 13.3 Å². The number of cyclic esters (lactones) is 1. The van der Waals surface area contributed by atoms with E-state index in [1.807, 2.05) is 49.4 Å². The average molecular weight is 463 g/mol. The third kappa shape index (κ3) is 4.07. The third-order valence-corrected chi connectivity index (χ3v) is 4.62. The topological polar surface area (TPSA) is 57.1 Å². The molecule has 6 heteroatoms.